The van der Waals surface area contributed by atoms with E-state index in [1.165, 1.54) is 0 Å². The van der Waals surface area contributed by atoms with Crippen molar-refractivity contribution >= 4 is 32.5 Å². The highest BCUT2D eigenvalue weighted by atomic mass is 32.2. The first-order valence-corrected chi connectivity index (χ1v) is 13.1. The zero-order chi connectivity index (χ0) is 22.6. The Kier molecular flexibility index (Phi) is 5.08. The number of anilines is 1. The van der Waals surface area contributed by atoms with Gasteiger partial charge in [-0.2, -0.15) is 5.10 Å². The molecule has 1 saturated carbocycles. The number of pyridine rings is 1. The SMILES string of the molecule is Cc1nn([C@H]2CCS(=O)(=O)C2)c2nc(C3CC3)cc(C(=O)Nc3ccccc3C(C)C)c12. The Morgan fingerprint density at radius 1 is 1.19 bits per heavy atom. The fraction of sp³-hybridized carbons (Fsp3) is 0.458. The van der Waals surface area contributed by atoms with Crippen molar-refractivity contribution in [3.63, 3.8) is 0 Å². The second kappa shape index (κ2) is 7.69. The molecule has 1 N–H and O–H groups in total. The molecule has 1 aliphatic carbocycles. The van der Waals surface area contributed by atoms with E-state index in [1.807, 2.05) is 37.3 Å². The molecule has 3 aromatic rings. The number of carbonyl (C=O) groups is 1. The number of rotatable bonds is 5. The van der Waals surface area contributed by atoms with E-state index >= 15 is 0 Å². The molecule has 2 aliphatic rings. The quantitative estimate of drug-likeness (QED) is 0.621. The number of nitrogens with zero attached hydrogens (tertiary/aromatic N) is 3. The molecule has 2 aromatic heterocycles. The Hall–Kier alpha value is -2.74. The lowest BCUT2D eigenvalue weighted by Gasteiger charge is -2.15. The van der Waals surface area contributed by atoms with Crippen molar-refractivity contribution in [1.82, 2.24) is 14.8 Å². The van der Waals surface area contributed by atoms with Crippen LogP contribution in [0.4, 0.5) is 5.69 Å². The van der Waals surface area contributed by atoms with E-state index < -0.39 is 9.84 Å². The predicted octanol–water partition coefficient (Wildman–Crippen LogP) is 4.35. The third-order valence-electron chi connectivity index (χ3n) is 6.48. The van der Waals surface area contributed by atoms with Crippen molar-refractivity contribution in [2.75, 3.05) is 16.8 Å². The van der Waals surface area contributed by atoms with E-state index in [0.29, 0.717) is 34.6 Å². The first-order chi connectivity index (χ1) is 15.2. The summed E-state index contributed by atoms with van der Waals surface area (Å²) < 4.78 is 25.9. The minimum atomic E-state index is -3.07. The van der Waals surface area contributed by atoms with Gasteiger partial charge in [0.1, 0.15) is 0 Å². The molecule has 2 fully saturated rings. The maximum Gasteiger partial charge on any atom is 0.256 e. The molecule has 1 aromatic carbocycles. The molecule has 1 saturated heterocycles. The van der Waals surface area contributed by atoms with Crippen molar-refractivity contribution in [3.8, 4) is 0 Å². The molecule has 0 bridgehead atoms. The summed E-state index contributed by atoms with van der Waals surface area (Å²) in [4.78, 5) is 18.4. The number of amides is 1. The third-order valence-corrected chi connectivity index (χ3v) is 8.23. The molecule has 0 unspecified atom stereocenters. The number of hydrogen-bond acceptors (Lipinski definition) is 5. The van der Waals surface area contributed by atoms with E-state index in [1.54, 1.807) is 4.68 Å². The second-order valence-corrected chi connectivity index (χ2v) is 11.6. The van der Waals surface area contributed by atoms with Gasteiger partial charge in [0.05, 0.1) is 34.2 Å². The molecule has 7 nitrogen and oxygen atoms in total. The van der Waals surface area contributed by atoms with Crippen molar-refractivity contribution in [2.45, 2.75) is 57.9 Å². The monoisotopic (exact) mass is 452 g/mol. The van der Waals surface area contributed by atoms with Gasteiger partial charge in [-0.3, -0.25) is 4.79 Å². The third kappa shape index (κ3) is 3.81. The second-order valence-electron chi connectivity index (χ2n) is 9.35. The Morgan fingerprint density at radius 2 is 1.94 bits per heavy atom. The Balaban J connectivity index is 1.61. The van der Waals surface area contributed by atoms with Gasteiger partial charge in [0.2, 0.25) is 0 Å². The molecule has 8 heteroatoms. The summed E-state index contributed by atoms with van der Waals surface area (Å²) in [6.45, 7) is 6.06. The van der Waals surface area contributed by atoms with Crippen LogP contribution in [0.2, 0.25) is 0 Å². The van der Waals surface area contributed by atoms with E-state index in [9.17, 15) is 13.2 Å². The van der Waals surface area contributed by atoms with Crippen LogP contribution in [-0.4, -0.2) is 40.6 Å². The maximum atomic E-state index is 13.5. The average Bonchev–Trinajstić information content (AvgIpc) is 3.46. The summed E-state index contributed by atoms with van der Waals surface area (Å²) in [5.41, 5.74) is 4.65. The van der Waals surface area contributed by atoms with Gasteiger partial charge in [-0.25, -0.2) is 18.1 Å². The van der Waals surface area contributed by atoms with Crippen LogP contribution in [0.3, 0.4) is 0 Å². The standard InChI is InChI=1S/C24H28N4O3S/c1-14(2)18-6-4-5-7-20(18)26-24(29)19-12-21(16-8-9-16)25-23-22(19)15(3)27-28(23)17-10-11-32(30,31)13-17/h4-7,12,14,16-17H,8-11,13H2,1-3H3,(H,26,29)/t17-/m0/s1. The number of fused-ring (bicyclic) bond motifs is 1. The summed E-state index contributed by atoms with van der Waals surface area (Å²) >= 11 is 0. The van der Waals surface area contributed by atoms with Crippen LogP contribution in [-0.2, 0) is 9.84 Å². The van der Waals surface area contributed by atoms with Gasteiger partial charge in [0, 0.05) is 17.3 Å². The highest BCUT2D eigenvalue weighted by molar-refractivity contribution is 7.91. The van der Waals surface area contributed by atoms with Crippen LogP contribution in [0.5, 0.6) is 0 Å². The summed E-state index contributed by atoms with van der Waals surface area (Å²) in [6.07, 6.45) is 2.64. The number of benzene rings is 1. The topological polar surface area (TPSA) is 93.9 Å². The molecule has 1 aliphatic heterocycles. The zero-order valence-corrected chi connectivity index (χ0v) is 19.4. The van der Waals surface area contributed by atoms with Gasteiger partial charge in [0.15, 0.2) is 15.5 Å². The minimum absolute atomic E-state index is 0.0713. The van der Waals surface area contributed by atoms with Crippen molar-refractivity contribution in [2.24, 2.45) is 0 Å². The van der Waals surface area contributed by atoms with Crippen molar-refractivity contribution in [1.29, 1.82) is 0 Å². The van der Waals surface area contributed by atoms with Crippen LogP contribution < -0.4 is 5.32 Å². The molecular formula is C24H28N4O3S. The molecule has 168 valence electrons. The summed E-state index contributed by atoms with van der Waals surface area (Å²) in [5, 5.41) is 8.48. The van der Waals surface area contributed by atoms with Crippen LogP contribution in [0.15, 0.2) is 30.3 Å². The zero-order valence-electron chi connectivity index (χ0n) is 18.6. The van der Waals surface area contributed by atoms with Gasteiger partial charge >= 0.3 is 0 Å². The number of nitrogens with one attached hydrogen (secondary N) is 1. The highest BCUT2D eigenvalue weighted by Crippen LogP contribution is 2.41. The molecule has 1 atom stereocenters. The summed E-state index contributed by atoms with van der Waals surface area (Å²) in [6, 6.07) is 9.51. The van der Waals surface area contributed by atoms with E-state index in [-0.39, 0.29) is 29.4 Å². The van der Waals surface area contributed by atoms with Crippen LogP contribution in [0.25, 0.3) is 11.0 Å². The molecule has 32 heavy (non-hydrogen) atoms. The van der Waals surface area contributed by atoms with Gasteiger partial charge in [0.25, 0.3) is 5.91 Å². The van der Waals surface area contributed by atoms with E-state index in [2.05, 4.69) is 24.3 Å². The molecule has 0 spiro atoms. The van der Waals surface area contributed by atoms with E-state index in [0.717, 1.165) is 29.8 Å². The lowest BCUT2D eigenvalue weighted by Crippen LogP contribution is -2.16. The molecule has 5 rings (SSSR count). The van der Waals surface area contributed by atoms with Crippen LogP contribution >= 0.6 is 0 Å². The smallest absolute Gasteiger partial charge is 0.256 e. The lowest BCUT2D eigenvalue weighted by molar-refractivity contribution is 0.102. The highest BCUT2D eigenvalue weighted by Gasteiger charge is 2.34. The molecule has 1 amide bonds. The number of carbonyl (C=O) groups excluding carboxylic acids is 1. The molecule has 3 heterocycles. The largest absolute Gasteiger partial charge is 0.322 e. The fourth-order valence-corrected chi connectivity index (χ4v) is 6.32. The van der Waals surface area contributed by atoms with Crippen molar-refractivity contribution in [3.05, 3.63) is 52.8 Å². The van der Waals surface area contributed by atoms with E-state index in [4.69, 9.17) is 4.98 Å². The predicted molar refractivity (Wildman–Crippen MR) is 125 cm³/mol. The fourth-order valence-electron chi connectivity index (χ4n) is 4.63. The number of hydrogen-bond donors (Lipinski definition) is 1. The van der Waals surface area contributed by atoms with Crippen molar-refractivity contribution < 1.29 is 13.2 Å². The Labute approximate surface area is 188 Å². The summed E-state index contributed by atoms with van der Waals surface area (Å²) in [7, 11) is -3.07. The lowest BCUT2D eigenvalue weighted by atomic mass is 10.0. The molecule has 0 radical (unpaired) electrons. The van der Waals surface area contributed by atoms with Crippen LogP contribution in [0, 0.1) is 6.92 Å². The number of para-hydroxylation sites is 1. The summed E-state index contributed by atoms with van der Waals surface area (Å²) in [5.74, 6) is 0.681. The Morgan fingerprint density at radius 3 is 2.59 bits per heavy atom. The Bertz CT molecular complexity index is 1320. The number of aryl methyl sites for hydroxylation is 1. The first-order valence-electron chi connectivity index (χ1n) is 11.2. The van der Waals surface area contributed by atoms with Gasteiger partial charge in [-0.1, -0.05) is 32.0 Å². The number of aromatic nitrogens is 3. The van der Waals surface area contributed by atoms with Gasteiger partial charge < -0.3 is 5.32 Å². The minimum Gasteiger partial charge on any atom is -0.322 e. The maximum absolute atomic E-state index is 13.5. The van der Waals surface area contributed by atoms with Gasteiger partial charge in [-0.15, -0.1) is 0 Å². The first kappa shape index (κ1) is 21.1. The molecular weight excluding hydrogens is 424 g/mol. The van der Waals surface area contributed by atoms with Gasteiger partial charge in [-0.05, 0) is 49.8 Å². The average molecular weight is 453 g/mol. The van der Waals surface area contributed by atoms with Crippen LogP contribution in [0.1, 0.15) is 78.3 Å². The normalized spacial score (nSPS) is 20.2. The number of sulfone groups is 1.